The standard InChI is InChI=1S/C9H10BrNS/c10-8-4-2-1-3-7(8)9-5-6-12-11-9/h1-4,9,11H,5-6H2. The lowest BCUT2D eigenvalue weighted by Gasteiger charge is -2.10. The van der Waals surface area contributed by atoms with Crippen molar-refractivity contribution in [3.63, 3.8) is 0 Å². The molecule has 0 aromatic heterocycles. The first-order valence-corrected chi connectivity index (χ1v) is 5.77. The van der Waals surface area contributed by atoms with Crippen LogP contribution >= 0.6 is 27.9 Å². The average Bonchev–Trinajstić information content (AvgIpc) is 2.57. The van der Waals surface area contributed by atoms with Crippen LogP contribution in [-0.4, -0.2) is 5.75 Å². The van der Waals surface area contributed by atoms with Crippen LogP contribution in [0.15, 0.2) is 28.7 Å². The molecule has 0 saturated carbocycles. The van der Waals surface area contributed by atoms with Crippen LogP contribution in [0.25, 0.3) is 0 Å². The third-order valence-electron chi connectivity index (χ3n) is 2.01. The van der Waals surface area contributed by atoms with Crippen molar-refractivity contribution in [1.29, 1.82) is 0 Å². The Morgan fingerprint density at radius 2 is 2.25 bits per heavy atom. The largest absolute Gasteiger partial charge is 0.257 e. The summed E-state index contributed by atoms with van der Waals surface area (Å²) in [6.07, 6.45) is 1.23. The predicted molar refractivity (Wildman–Crippen MR) is 57.1 cm³/mol. The van der Waals surface area contributed by atoms with Crippen molar-refractivity contribution in [2.24, 2.45) is 0 Å². The summed E-state index contributed by atoms with van der Waals surface area (Å²) in [5.41, 5.74) is 1.38. The van der Waals surface area contributed by atoms with Crippen LogP contribution < -0.4 is 4.72 Å². The molecule has 1 fully saturated rings. The van der Waals surface area contributed by atoms with Gasteiger partial charge in [-0.15, -0.1) is 0 Å². The van der Waals surface area contributed by atoms with Crippen molar-refractivity contribution in [3.8, 4) is 0 Å². The molecule has 0 radical (unpaired) electrons. The fourth-order valence-corrected chi connectivity index (χ4v) is 2.85. The molecule has 12 heavy (non-hydrogen) atoms. The van der Waals surface area contributed by atoms with Crippen molar-refractivity contribution < 1.29 is 0 Å². The van der Waals surface area contributed by atoms with E-state index in [0.717, 1.165) is 0 Å². The Hall–Kier alpha value is 0.01000. The van der Waals surface area contributed by atoms with Crippen LogP contribution in [0.2, 0.25) is 0 Å². The number of hydrogen-bond donors (Lipinski definition) is 1. The van der Waals surface area contributed by atoms with E-state index in [-0.39, 0.29) is 0 Å². The summed E-state index contributed by atoms with van der Waals surface area (Å²) in [6.45, 7) is 0. The minimum Gasteiger partial charge on any atom is -0.257 e. The minimum absolute atomic E-state index is 0.533. The second-order valence-corrected chi connectivity index (χ2v) is 4.62. The molecule has 0 amide bonds. The molecule has 1 unspecified atom stereocenters. The molecule has 2 rings (SSSR count). The third-order valence-corrected chi connectivity index (χ3v) is 3.63. The van der Waals surface area contributed by atoms with Crippen molar-refractivity contribution >= 4 is 27.9 Å². The Labute approximate surface area is 85.2 Å². The Kier molecular flexibility index (Phi) is 2.73. The molecule has 0 bridgehead atoms. The van der Waals surface area contributed by atoms with E-state index in [2.05, 4.69) is 44.9 Å². The maximum atomic E-state index is 3.56. The summed E-state index contributed by atoms with van der Waals surface area (Å²) in [5, 5.41) is 0. The highest BCUT2D eigenvalue weighted by Gasteiger charge is 2.18. The van der Waals surface area contributed by atoms with Crippen molar-refractivity contribution in [3.05, 3.63) is 34.3 Å². The van der Waals surface area contributed by atoms with Crippen molar-refractivity contribution in [2.75, 3.05) is 5.75 Å². The third kappa shape index (κ3) is 1.68. The van der Waals surface area contributed by atoms with Gasteiger partial charge in [0.15, 0.2) is 0 Å². The van der Waals surface area contributed by atoms with E-state index in [1.165, 1.54) is 22.2 Å². The van der Waals surface area contributed by atoms with Gasteiger partial charge < -0.3 is 0 Å². The topological polar surface area (TPSA) is 12.0 Å². The molecule has 1 aliphatic rings. The summed E-state index contributed by atoms with van der Waals surface area (Å²) >= 11 is 5.37. The zero-order valence-electron chi connectivity index (χ0n) is 6.59. The quantitative estimate of drug-likeness (QED) is 0.761. The normalized spacial score (nSPS) is 22.9. The first-order valence-electron chi connectivity index (χ1n) is 3.99. The number of halogens is 1. The summed E-state index contributed by atoms with van der Waals surface area (Å²) in [5.74, 6) is 1.21. The summed E-state index contributed by atoms with van der Waals surface area (Å²) < 4.78 is 4.61. The fourth-order valence-electron chi connectivity index (χ4n) is 1.37. The number of nitrogens with one attached hydrogen (secondary N) is 1. The Morgan fingerprint density at radius 1 is 1.42 bits per heavy atom. The van der Waals surface area contributed by atoms with Gasteiger partial charge >= 0.3 is 0 Å². The van der Waals surface area contributed by atoms with Crippen LogP contribution in [0.5, 0.6) is 0 Å². The summed E-state index contributed by atoms with van der Waals surface area (Å²) in [4.78, 5) is 0. The lowest BCUT2D eigenvalue weighted by molar-refractivity contribution is 0.689. The molecule has 1 saturated heterocycles. The van der Waals surface area contributed by atoms with Crippen LogP contribution in [0.1, 0.15) is 18.0 Å². The number of benzene rings is 1. The molecule has 3 heteroatoms. The molecule has 1 atom stereocenters. The second kappa shape index (κ2) is 3.81. The molecule has 64 valence electrons. The van der Waals surface area contributed by atoms with E-state index >= 15 is 0 Å². The van der Waals surface area contributed by atoms with E-state index in [1.54, 1.807) is 0 Å². The number of hydrogen-bond acceptors (Lipinski definition) is 2. The van der Waals surface area contributed by atoms with Gasteiger partial charge in [0.1, 0.15) is 0 Å². The molecular formula is C9H10BrNS. The van der Waals surface area contributed by atoms with Gasteiger partial charge in [-0.05, 0) is 18.1 Å². The molecule has 1 N–H and O–H groups in total. The van der Waals surface area contributed by atoms with Crippen LogP contribution in [0.3, 0.4) is 0 Å². The maximum Gasteiger partial charge on any atom is 0.0441 e. The van der Waals surface area contributed by atoms with Gasteiger partial charge in [-0.3, -0.25) is 4.72 Å². The zero-order valence-corrected chi connectivity index (χ0v) is 8.99. The van der Waals surface area contributed by atoms with Gasteiger partial charge in [0.05, 0.1) is 0 Å². The Balaban J connectivity index is 2.26. The molecule has 0 spiro atoms. The zero-order chi connectivity index (χ0) is 8.39. The van der Waals surface area contributed by atoms with E-state index in [1.807, 2.05) is 11.9 Å². The molecule has 1 aromatic rings. The van der Waals surface area contributed by atoms with E-state index in [0.29, 0.717) is 6.04 Å². The van der Waals surface area contributed by atoms with Gasteiger partial charge in [-0.2, -0.15) is 0 Å². The Morgan fingerprint density at radius 3 is 2.92 bits per heavy atom. The van der Waals surface area contributed by atoms with Gasteiger partial charge in [-0.25, -0.2) is 0 Å². The second-order valence-electron chi connectivity index (χ2n) is 2.83. The molecule has 1 aliphatic heterocycles. The van der Waals surface area contributed by atoms with Crippen LogP contribution in [0.4, 0.5) is 0 Å². The smallest absolute Gasteiger partial charge is 0.0441 e. The van der Waals surface area contributed by atoms with Crippen LogP contribution in [0, 0.1) is 0 Å². The molecule has 1 nitrogen and oxygen atoms in total. The van der Waals surface area contributed by atoms with Gasteiger partial charge in [0, 0.05) is 16.3 Å². The first kappa shape index (κ1) is 8.60. The highest BCUT2D eigenvalue weighted by Crippen LogP contribution is 2.31. The molecule has 1 heterocycles. The summed E-state index contributed by atoms with van der Waals surface area (Å²) in [6, 6.07) is 8.94. The fraction of sp³-hybridized carbons (Fsp3) is 0.333. The SMILES string of the molecule is Brc1ccccc1C1CCSN1. The molecule has 0 aliphatic carbocycles. The van der Waals surface area contributed by atoms with E-state index in [4.69, 9.17) is 0 Å². The predicted octanol–water partition coefficient (Wildman–Crippen LogP) is 3.13. The van der Waals surface area contributed by atoms with Gasteiger partial charge in [0.25, 0.3) is 0 Å². The monoisotopic (exact) mass is 243 g/mol. The van der Waals surface area contributed by atoms with E-state index < -0.39 is 0 Å². The average molecular weight is 244 g/mol. The molecule has 1 aromatic carbocycles. The minimum atomic E-state index is 0.533. The van der Waals surface area contributed by atoms with Gasteiger partial charge in [0.2, 0.25) is 0 Å². The lowest BCUT2D eigenvalue weighted by atomic mass is 10.1. The first-order chi connectivity index (χ1) is 5.88. The summed E-state index contributed by atoms with van der Waals surface area (Å²) in [7, 11) is 0. The Bertz CT molecular complexity index is 271. The molecular weight excluding hydrogens is 234 g/mol. The highest BCUT2D eigenvalue weighted by molar-refractivity contribution is 9.10. The highest BCUT2D eigenvalue weighted by atomic mass is 79.9. The lowest BCUT2D eigenvalue weighted by Crippen LogP contribution is -2.07. The van der Waals surface area contributed by atoms with Crippen LogP contribution in [-0.2, 0) is 0 Å². The number of rotatable bonds is 1. The van der Waals surface area contributed by atoms with E-state index in [9.17, 15) is 0 Å². The van der Waals surface area contributed by atoms with Crippen molar-refractivity contribution in [1.82, 2.24) is 4.72 Å². The van der Waals surface area contributed by atoms with Crippen molar-refractivity contribution in [2.45, 2.75) is 12.5 Å². The van der Waals surface area contributed by atoms with Gasteiger partial charge in [-0.1, -0.05) is 46.1 Å². The maximum absolute atomic E-state index is 3.56.